The van der Waals surface area contributed by atoms with Gasteiger partial charge in [-0.05, 0) is 129 Å². The predicted molar refractivity (Wildman–Crippen MR) is 170 cm³/mol. The Balaban J connectivity index is 1.06. The lowest BCUT2D eigenvalue weighted by Gasteiger charge is -2.63. The Hall–Kier alpha value is -1.83. The van der Waals surface area contributed by atoms with Crippen LogP contribution in [0.5, 0.6) is 0 Å². The Labute approximate surface area is 260 Å². The van der Waals surface area contributed by atoms with Gasteiger partial charge in [-0.2, -0.15) is 0 Å². The molecule has 240 valence electrons. The van der Waals surface area contributed by atoms with Gasteiger partial charge in [0.2, 0.25) is 0 Å². The summed E-state index contributed by atoms with van der Waals surface area (Å²) in [4.78, 5) is 19.2. The van der Waals surface area contributed by atoms with Gasteiger partial charge in [0.15, 0.2) is 0 Å². The highest BCUT2D eigenvalue weighted by molar-refractivity contribution is 7.90. The maximum atomic E-state index is 12.9. The van der Waals surface area contributed by atoms with Crippen molar-refractivity contribution in [3.8, 4) is 0 Å². The second-order valence-corrected chi connectivity index (χ2v) is 17.1. The molecule has 5 aliphatic rings. The van der Waals surface area contributed by atoms with Crippen molar-refractivity contribution in [1.29, 1.82) is 0 Å². The summed E-state index contributed by atoms with van der Waals surface area (Å²) in [7, 11) is -4.05. The third-order valence-corrected chi connectivity index (χ3v) is 14.7. The highest BCUT2D eigenvalue weighted by atomic mass is 32.2. The van der Waals surface area contributed by atoms with Gasteiger partial charge in [-0.15, -0.1) is 0 Å². The molecule has 0 spiro atoms. The highest BCUT2D eigenvalue weighted by Crippen LogP contribution is 2.69. The van der Waals surface area contributed by atoms with E-state index in [-0.39, 0.29) is 22.8 Å². The van der Waals surface area contributed by atoms with E-state index in [4.69, 9.17) is 4.74 Å². The largest absolute Gasteiger partial charge is 0.449 e. The lowest BCUT2D eigenvalue weighted by atomic mass is 9.42. The average molecular weight is 614 g/mol. The van der Waals surface area contributed by atoms with Crippen LogP contribution in [0.15, 0.2) is 23.2 Å². The van der Waals surface area contributed by atoms with E-state index in [1.165, 1.54) is 82.9 Å². The smallest absolute Gasteiger partial charge is 0.421 e. The maximum Gasteiger partial charge on any atom is 0.421 e. The van der Waals surface area contributed by atoms with Crippen LogP contribution in [0.25, 0.3) is 0 Å². The molecule has 1 aromatic rings. The van der Waals surface area contributed by atoms with Crippen LogP contribution in [0.1, 0.15) is 111 Å². The van der Waals surface area contributed by atoms with Crippen molar-refractivity contribution in [2.75, 3.05) is 24.6 Å². The van der Waals surface area contributed by atoms with Crippen molar-refractivity contribution in [1.82, 2.24) is 9.71 Å². The summed E-state index contributed by atoms with van der Waals surface area (Å²) >= 11 is 0. The minimum Gasteiger partial charge on any atom is -0.449 e. The molecule has 6 rings (SSSR count). The highest BCUT2D eigenvalue weighted by Gasteiger charge is 2.61. The van der Waals surface area contributed by atoms with Crippen molar-refractivity contribution >= 4 is 21.9 Å². The van der Waals surface area contributed by atoms with Crippen LogP contribution in [-0.2, 0) is 14.8 Å². The lowest BCUT2D eigenvalue weighted by molar-refractivity contribution is -0.138. The fourth-order valence-corrected chi connectivity index (χ4v) is 12.2. The summed E-state index contributed by atoms with van der Waals surface area (Å²) in [6, 6.07) is 3.25. The molecule has 4 aliphatic carbocycles. The molecule has 2 unspecified atom stereocenters. The van der Waals surface area contributed by atoms with E-state index in [9.17, 15) is 13.2 Å². The first-order chi connectivity index (χ1) is 20.6. The number of fused-ring (bicyclic) bond motifs is 5. The van der Waals surface area contributed by atoms with E-state index in [1.54, 1.807) is 6.07 Å². The normalized spacial score (nSPS) is 38.4. The van der Waals surface area contributed by atoms with E-state index in [0.29, 0.717) is 11.3 Å². The monoisotopic (exact) mass is 613 g/mol. The zero-order valence-electron chi connectivity index (χ0n) is 27.0. The minimum absolute atomic E-state index is 0.0204. The molecule has 43 heavy (non-hydrogen) atoms. The SMILES string of the molecule is CC[C@H]1C[C@H]2C3CCC([C@H](C)COC(=O)NS(=O)(=O)c4ccc(N5CCCCC5)nc4)[C@@]3(C)CC[C@@H]2[C@@]2(C)CCCC[C@@H]12. The number of piperidine rings is 1. The molecule has 1 aromatic heterocycles. The number of nitrogens with one attached hydrogen (secondary N) is 1. The number of pyridine rings is 1. The molecule has 8 heteroatoms. The van der Waals surface area contributed by atoms with Gasteiger partial charge < -0.3 is 9.64 Å². The second kappa shape index (κ2) is 12.2. The van der Waals surface area contributed by atoms with Crippen molar-refractivity contribution in [2.24, 2.45) is 52.3 Å². The number of carbonyl (C=O) groups is 1. The zero-order valence-corrected chi connectivity index (χ0v) is 27.8. The number of anilines is 1. The summed E-state index contributed by atoms with van der Waals surface area (Å²) in [6.45, 7) is 11.9. The number of carbonyl (C=O) groups excluding carboxylic acids is 1. The fourth-order valence-electron chi connectivity index (χ4n) is 11.4. The number of ether oxygens (including phenoxy) is 1. The molecule has 0 aromatic carbocycles. The van der Waals surface area contributed by atoms with Crippen LogP contribution in [-0.4, -0.2) is 39.2 Å². The average Bonchev–Trinajstić information content (AvgIpc) is 3.37. The van der Waals surface area contributed by atoms with Gasteiger partial charge in [0, 0.05) is 19.3 Å². The molecule has 2 heterocycles. The van der Waals surface area contributed by atoms with Gasteiger partial charge in [-0.1, -0.05) is 47.0 Å². The van der Waals surface area contributed by atoms with Gasteiger partial charge in [0.25, 0.3) is 10.0 Å². The quantitative estimate of drug-likeness (QED) is 0.337. The molecule has 1 N–H and O–H groups in total. The third-order valence-electron chi connectivity index (χ3n) is 13.4. The lowest BCUT2D eigenvalue weighted by Crippen LogP contribution is -2.55. The Morgan fingerprint density at radius 3 is 2.49 bits per heavy atom. The van der Waals surface area contributed by atoms with E-state index in [0.717, 1.165) is 61.3 Å². The zero-order chi connectivity index (χ0) is 30.4. The van der Waals surface area contributed by atoms with E-state index < -0.39 is 16.1 Å². The molecule has 0 bridgehead atoms. The van der Waals surface area contributed by atoms with E-state index in [2.05, 4.69) is 42.3 Å². The van der Waals surface area contributed by atoms with Gasteiger partial charge in [-0.25, -0.2) is 22.9 Å². The molecule has 0 radical (unpaired) electrons. The number of amides is 1. The second-order valence-electron chi connectivity index (χ2n) is 15.4. The summed E-state index contributed by atoms with van der Waals surface area (Å²) in [5, 5.41) is 0. The standard InChI is InChI=1S/C35H55N3O4S/c1-5-25-21-27-30-14-13-28(35(30,4)18-16-31(27)34(3)17-8-7-11-29(25)34)24(2)23-42-33(39)37-43(40,41)26-12-15-32(36-22-26)38-19-9-6-10-20-38/h12,15,22,24-25,27-31H,5-11,13-14,16-21,23H2,1-4H3,(H,37,39)/t24-,25+,27+,28?,29+,30?,31+,34+,35-/m1/s1. The van der Waals surface area contributed by atoms with Crippen LogP contribution < -0.4 is 9.62 Å². The Morgan fingerprint density at radius 1 is 1.00 bits per heavy atom. The third kappa shape index (κ3) is 5.72. The van der Waals surface area contributed by atoms with Gasteiger partial charge in [0.1, 0.15) is 10.7 Å². The number of rotatable bonds is 7. The summed E-state index contributed by atoms with van der Waals surface area (Å²) in [5.41, 5.74) is 0.785. The summed E-state index contributed by atoms with van der Waals surface area (Å²) in [6.07, 6.45) is 17.4. The Morgan fingerprint density at radius 2 is 1.77 bits per heavy atom. The number of hydrogen-bond donors (Lipinski definition) is 1. The number of nitrogens with zero attached hydrogens (tertiary/aromatic N) is 2. The van der Waals surface area contributed by atoms with Crippen molar-refractivity contribution in [3.63, 3.8) is 0 Å². The summed E-state index contributed by atoms with van der Waals surface area (Å²) in [5.74, 6) is 5.68. The maximum absolute atomic E-state index is 12.9. The molecule has 1 aliphatic heterocycles. The topological polar surface area (TPSA) is 88.6 Å². The fraction of sp³-hybridized carbons (Fsp3) is 0.829. The summed E-state index contributed by atoms with van der Waals surface area (Å²) < 4.78 is 33.5. The van der Waals surface area contributed by atoms with Crippen molar-refractivity contribution in [3.05, 3.63) is 18.3 Å². The molecule has 5 fully saturated rings. The number of aromatic nitrogens is 1. The van der Waals surface area contributed by atoms with Crippen LogP contribution in [0.3, 0.4) is 0 Å². The first kappa shape index (κ1) is 31.2. The number of hydrogen-bond acceptors (Lipinski definition) is 6. The molecule has 1 amide bonds. The molecule has 4 saturated carbocycles. The predicted octanol–water partition coefficient (Wildman–Crippen LogP) is 7.81. The molecule has 7 nitrogen and oxygen atoms in total. The molecule has 1 saturated heterocycles. The van der Waals surface area contributed by atoms with Crippen molar-refractivity contribution in [2.45, 2.75) is 116 Å². The van der Waals surface area contributed by atoms with Gasteiger partial charge in [-0.3, -0.25) is 0 Å². The Kier molecular flexibility index (Phi) is 8.82. The molecular formula is C35H55N3O4S. The van der Waals surface area contributed by atoms with E-state index in [1.807, 2.05) is 0 Å². The first-order valence-corrected chi connectivity index (χ1v) is 19.0. The Bertz CT molecular complexity index is 1250. The number of sulfonamides is 1. The minimum atomic E-state index is -4.05. The molecule has 9 atom stereocenters. The van der Waals surface area contributed by atoms with Crippen LogP contribution in [0.4, 0.5) is 10.6 Å². The van der Waals surface area contributed by atoms with Gasteiger partial charge >= 0.3 is 6.09 Å². The van der Waals surface area contributed by atoms with Crippen LogP contribution in [0.2, 0.25) is 0 Å². The first-order valence-electron chi connectivity index (χ1n) is 17.5. The van der Waals surface area contributed by atoms with Crippen LogP contribution in [0, 0.1) is 52.3 Å². The van der Waals surface area contributed by atoms with E-state index >= 15 is 0 Å². The molecular weight excluding hydrogens is 558 g/mol. The van der Waals surface area contributed by atoms with Gasteiger partial charge in [0.05, 0.1) is 6.61 Å². The van der Waals surface area contributed by atoms with Crippen molar-refractivity contribution < 1.29 is 17.9 Å². The van der Waals surface area contributed by atoms with Crippen LogP contribution >= 0.6 is 0 Å².